The van der Waals surface area contributed by atoms with E-state index in [0.717, 1.165) is 10.5 Å². The minimum atomic E-state index is -1.16. The molecule has 0 aliphatic carbocycles. The molecule has 3 N–H and O–H groups in total. The number of aliphatic carboxylic acids is 1. The van der Waals surface area contributed by atoms with Gasteiger partial charge in [-0.25, -0.2) is 14.5 Å². The normalized spacial score (nSPS) is 14.5. The Balaban J connectivity index is 1.74. The average Bonchev–Trinajstić information content (AvgIpc) is 2.96. The number of anilines is 1. The number of rotatable bonds is 7. The molecule has 1 heterocycles. The molecule has 160 valence electrons. The van der Waals surface area contributed by atoms with E-state index in [-0.39, 0.29) is 11.4 Å². The fourth-order valence-corrected chi connectivity index (χ4v) is 3.13. The second kappa shape index (κ2) is 9.43. The van der Waals surface area contributed by atoms with Crippen molar-refractivity contribution < 1.29 is 29.0 Å². The number of carboxylic acids is 1. The highest BCUT2D eigenvalue weighted by atomic mass is 79.9. The number of amides is 4. The molecule has 2 aromatic carbocycles. The zero-order valence-corrected chi connectivity index (χ0v) is 17.9. The van der Waals surface area contributed by atoms with Gasteiger partial charge >= 0.3 is 12.0 Å². The molecule has 1 fully saturated rings. The highest BCUT2D eigenvalue weighted by Crippen LogP contribution is 2.26. The van der Waals surface area contributed by atoms with Gasteiger partial charge in [-0.1, -0.05) is 33.6 Å². The van der Waals surface area contributed by atoms with E-state index in [9.17, 15) is 19.2 Å². The van der Waals surface area contributed by atoms with Crippen molar-refractivity contribution in [2.45, 2.75) is 6.92 Å². The van der Waals surface area contributed by atoms with Crippen LogP contribution in [-0.4, -0.2) is 47.0 Å². The van der Waals surface area contributed by atoms with Crippen molar-refractivity contribution in [3.8, 4) is 5.75 Å². The van der Waals surface area contributed by atoms with Crippen molar-refractivity contribution >= 4 is 51.5 Å². The number of urea groups is 1. The smallest absolute Gasteiger partial charge is 0.341 e. The highest BCUT2D eigenvalue weighted by molar-refractivity contribution is 9.10. The third kappa shape index (κ3) is 5.70. The molecule has 0 saturated carbocycles. The van der Waals surface area contributed by atoms with Crippen LogP contribution in [0, 0.1) is 6.92 Å². The number of hydrogen-bond acceptors (Lipinski definition) is 5. The van der Waals surface area contributed by atoms with Gasteiger partial charge in [0.1, 0.15) is 18.0 Å². The van der Waals surface area contributed by atoms with E-state index in [1.165, 1.54) is 12.1 Å². The number of ether oxygens (including phenoxy) is 1. The van der Waals surface area contributed by atoms with Gasteiger partial charge in [0.2, 0.25) is 5.91 Å². The van der Waals surface area contributed by atoms with Crippen molar-refractivity contribution in [1.82, 2.24) is 10.2 Å². The minimum Gasteiger partial charge on any atom is -0.481 e. The summed E-state index contributed by atoms with van der Waals surface area (Å²) < 4.78 is 5.89. The van der Waals surface area contributed by atoms with E-state index in [0.29, 0.717) is 15.7 Å². The molecule has 4 amide bonds. The van der Waals surface area contributed by atoms with Crippen molar-refractivity contribution in [3.05, 3.63) is 63.8 Å². The third-order valence-corrected chi connectivity index (χ3v) is 4.72. The molecule has 1 aliphatic heterocycles. The number of nitrogens with zero attached hydrogens (tertiary/aromatic N) is 1. The maximum Gasteiger partial charge on any atom is 0.341 e. The largest absolute Gasteiger partial charge is 0.481 e. The first-order valence-electron chi connectivity index (χ1n) is 9.08. The van der Waals surface area contributed by atoms with Gasteiger partial charge in [-0.05, 0) is 43.3 Å². The summed E-state index contributed by atoms with van der Waals surface area (Å²) in [5.41, 5.74) is 1.89. The van der Waals surface area contributed by atoms with Crippen LogP contribution in [-0.2, 0) is 14.4 Å². The summed E-state index contributed by atoms with van der Waals surface area (Å²) in [7, 11) is 0. The summed E-state index contributed by atoms with van der Waals surface area (Å²) in [5.74, 6) is -2.15. The van der Waals surface area contributed by atoms with Crippen LogP contribution in [0.3, 0.4) is 0 Å². The molecule has 0 radical (unpaired) electrons. The molecule has 3 rings (SSSR count). The van der Waals surface area contributed by atoms with Gasteiger partial charge in [0, 0.05) is 15.7 Å². The number of halogens is 1. The van der Waals surface area contributed by atoms with Crippen molar-refractivity contribution in [3.63, 3.8) is 0 Å². The van der Waals surface area contributed by atoms with Gasteiger partial charge in [0.15, 0.2) is 6.61 Å². The first kappa shape index (κ1) is 22.0. The molecule has 0 bridgehead atoms. The lowest BCUT2D eigenvalue weighted by Crippen LogP contribution is -2.38. The number of imide groups is 1. The van der Waals surface area contributed by atoms with E-state index in [1.54, 1.807) is 24.3 Å². The predicted molar refractivity (Wildman–Crippen MR) is 115 cm³/mol. The molecule has 2 aromatic rings. The van der Waals surface area contributed by atoms with E-state index >= 15 is 0 Å². The van der Waals surface area contributed by atoms with Crippen molar-refractivity contribution in [2.75, 3.05) is 18.5 Å². The molecule has 9 nitrogen and oxygen atoms in total. The monoisotopic (exact) mass is 487 g/mol. The van der Waals surface area contributed by atoms with Crippen LogP contribution < -0.4 is 15.4 Å². The zero-order valence-electron chi connectivity index (χ0n) is 16.3. The Morgan fingerprint density at radius 2 is 1.90 bits per heavy atom. The molecule has 1 aliphatic rings. The van der Waals surface area contributed by atoms with Crippen molar-refractivity contribution in [2.24, 2.45) is 0 Å². The number of carbonyl (C=O) groups is 4. The third-order valence-electron chi connectivity index (χ3n) is 4.22. The number of hydrogen-bond donors (Lipinski definition) is 3. The Kier molecular flexibility index (Phi) is 6.71. The molecule has 1 saturated heterocycles. The van der Waals surface area contributed by atoms with Crippen LogP contribution in [0.2, 0.25) is 0 Å². The van der Waals surface area contributed by atoms with Crippen molar-refractivity contribution in [1.29, 1.82) is 0 Å². The number of benzene rings is 2. The Morgan fingerprint density at radius 1 is 1.19 bits per heavy atom. The van der Waals surface area contributed by atoms with Gasteiger partial charge in [-0.2, -0.15) is 0 Å². The number of nitrogens with one attached hydrogen (secondary N) is 2. The zero-order chi connectivity index (χ0) is 22.5. The van der Waals surface area contributed by atoms with Crippen LogP contribution in [0.15, 0.2) is 52.6 Å². The van der Waals surface area contributed by atoms with Crippen LogP contribution >= 0.6 is 15.9 Å². The molecule has 0 atom stereocenters. The lowest BCUT2D eigenvalue weighted by Gasteiger charge is -2.12. The molecule has 31 heavy (non-hydrogen) atoms. The predicted octanol–water partition coefficient (Wildman–Crippen LogP) is 2.75. The van der Waals surface area contributed by atoms with Crippen LogP contribution in [0.25, 0.3) is 6.08 Å². The summed E-state index contributed by atoms with van der Waals surface area (Å²) in [6, 6.07) is 11.1. The molecule has 0 spiro atoms. The first-order chi connectivity index (χ1) is 14.7. The van der Waals surface area contributed by atoms with Crippen LogP contribution in [0.4, 0.5) is 10.5 Å². The average molecular weight is 488 g/mol. The fraction of sp³-hybridized carbons (Fsp3) is 0.143. The maximum atomic E-state index is 12.7. The van der Waals surface area contributed by atoms with E-state index in [4.69, 9.17) is 9.84 Å². The van der Waals surface area contributed by atoms with Gasteiger partial charge in [-0.15, -0.1) is 0 Å². The lowest BCUT2D eigenvalue weighted by atomic mass is 10.1. The van der Waals surface area contributed by atoms with E-state index in [1.807, 2.05) is 19.1 Å². The number of carbonyl (C=O) groups excluding carboxylic acids is 3. The molecule has 0 aromatic heterocycles. The van der Waals surface area contributed by atoms with Crippen LogP contribution in [0.5, 0.6) is 5.75 Å². The summed E-state index contributed by atoms with van der Waals surface area (Å²) in [4.78, 5) is 48.7. The highest BCUT2D eigenvalue weighted by Gasteiger charge is 2.35. The maximum absolute atomic E-state index is 12.7. The van der Waals surface area contributed by atoms with Gasteiger partial charge < -0.3 is 20.5 Å². The summed E-state index contributed by atoms with van der Waals surface area (Å²) in [6.07, 6.45) is 1.36. The van der Waals surface area contributed by atoms with E-state index in [2.05, 4.69) is 26.6 Å². The SMILES string of the molecule is Cc1ccc(NC(=O)CN2C(=O)N/C(=C/c3cc(Br)ccc3OCC(=O)O)C2=O)cc1. The second-order valence-electron chi connectivity index (χ2n) is 6.66. The minimum absolute atomic E-state index is 0.0635. The van der Waals surface area contributed by atoms with Gasteiger partial charge in [0.25, 0.3) is 5.91 Å². The summed E-state index contributed by atoms with van der Waals surface area (Å²) in [5, 5.41) is 13.9. The summed E-state index contributed by atoms with van der Waals surface area (Å²) >= 11 is 3.30. The second-order valence-corrected chi connectivity index (χ2v) is 7.57. The summed E-state index contributed by atoms with van der Waals surface area (Å²) in [6.45, 7) is 0.885. The Labute approximate surface area is 185 Å². The number of aryl methyl sites for hydroxylation is 1. The standard InChI is InChI=1S/C21H18BrN3O6/c1-12-2-5-15(6-3-12)23-18(26)10-25-20(29)16(24-21(25)30)9-13-8-14(22)4-7-17(13)31-11-19(27)28/h2-9H,10-11H2,1H3,(H,23,26)(H,24,30)(H,27,28)/b16-9+. The topological polar surface area (TPSA) is 125 Å². The van der Waals surface area contributed by atoms with Crippen LogP contribution in [0.1, 0.15) is 11.1 Å². The number of carboxylic acid groups (broad SMARTS) is 1. The lowest BCUT2D eigenvalue weighted by molar-refractivity contribution is -0.139. The molecular weight excluding hydrogens is 470 g/mol. The molecular formula is C21H18BrN3O6. The van der Waals surface area contributed by atoms with Gasteiger partial charge in [0.05, 0.1) is 0 Å². The van der Waals surface area contributed by atoms with Gasteiger partial charge in [-0.3, -0.25) is 9.59 Å². The Bertz CT molecular complexity index is 1080. The molecule has 0 unspecified atom stereocenters. The Hall–Kier alpha value is -3.66. The molecule has 10 heteroatoms. The van der Waals surface area contributed by atoms with E-state index < -0.39 is 37.0 Å². The quantitative estimate of drug-likeness (QED) is 0.407. The Morgan fingerprint density at radius 3 is 2.58 bits per heavy atom. The fourth-order valence-electron chi connectivity index (χ4n) is 2.75. The first-order valence-corrected chi connectivity index (χ1v) is 9.87.